The number of hydrogen-bond donors (Lipinski definition) is 25. The Hall–Kier alpha value is -9.64. The van der Waals surface area contributed by atoms with E-state index in [-0.39, 0.29) is 159 Å². The van der Waals surface area contributed by atoms with E-state index >= 15 is 0 Å². The van der Waals surface area contributed by atoms with Crippen LogP contribution in [0.2, 0.25) is 0 Å². The zero-order valence-corrected chi connectivity index (χ0v) is 54.1. The summed E-state index contributed by atoms with van der Waals surface area (Å²) in [5.74, 6) is -12.9. The number of carboxylic acids is 2. The molecular formula is C54H105N27O14. The average Bonchev–Trinajstić information content (AvgIpc) is 0.937. The molecule has 0 bridgehead atoms. The molecule has 0 rings (SSSR count). The molecule has 0 spiro atoms. The predicted octanol–water partition coefficient (Wildman–Crippen LogP) is -10.4. The van der Waals surface area contributed by atoms with E-state index in [1.165, 1.54) is 13.8 Å². The Morgan fingerprint density at radius 2 is 0.558 bits per heavy atom. The molecule has 0 aromatic rings. The van der Waals surface area contributed by atoms with E-state index < -0.39 is 144 Å². The Balaban J connectivity index is 7.53. The van der Waals surface area contributed by atoms with Crippen molar-refractivity contribution in [3.63, 3.8) is 0 Å². The number of rotatable bonds is 51. The smallest absolute Gasteiger partial charge is 0.326 e. The van der Waals surface area contributed by atoms with Crippen LogP contribution in [0.4, 0.5) is 0 Å². The Morgan fingerprint density at radius 1 is 0.326 bits per heavy atom. The number of nitrogens with zero attached hydrogens (tertiary/aromatic N) is 5. The van der Waals surface area contributed by atoms with Gasteiger partial charge in [0.25, 0.3) is 0 Å². The minimum atomic E-state index is -1.75. The van der Waals surface area contributed by atoms with Gasteiger partial charge in [-0.25, -0.2) is 4.79 Å². The first-order valence-corrected chi connectivity index (χ1v) is 31.0. The lowest BCUT2D eigenvalue weighted by Crippen LogP contribution is -2.60. The van der Waals surface area contributed by atoms with E-state index in [4.69, 9.17) is 74.5 Å². The number of nitrogens with two attached hydrogens (primary N) is 13. The number of carboxylic acid groups (broad SMARTS) is 2. The van der Waals surface area contributed by atoms with Crippen LogP contribution in [0, 0.1) is 0 Å². The Labute approximate surface area is 550 Å². The predicted molar refractivity (Wildman–Crippen MR) is 353 cm³/mol. The molecule has 41 heteroatoms. The van der Waals surface area contributed by atoms with Crippen LogP contribution in [0.1, 0.15) is 129 Å². The van der Waals surface area contributed by atoms with Crippen LogP contribution in [0.3, 0.4) is 0 Å². The van der Waals surface area contributed by atoms with Crippen molar-refractivity contribution < 1.29 is 68.1 Å². The van der Waals surface area contributed by atoms with E-state index in [9.17, 15) is 68.1 Å². The lowest BCUT2D eigenvalue weighted by Gasteiger charge is -2.28. The van der Waals surface area contributed by atoms with Crippen molar-refractivity contribution in [2.75, 3.05) is 45.8 Å². The fourth-order valence-corrected chi connectivity index (χ4v) is 8.71. The first kappa shape index (κ1) is 85.4. The number of aliphatic imine (C=N–C) groups is 5. The van der Waals surface area contributed by atoms with Gasteiger partial charge in [-0.05, 0) is 136 Å². The summed E-state index contributed by atoms with van der Waals surface area (Å²) in [5, 5.41) is 52.1. The van der Waals surface area contributed by atoms with Crippen molar-refractivity contribution in [1.29, 1.82) is 0 Å². The number of aliphatic hydroxyl groups excluding tert-OH is 1. The third kappa shape index (κ3) is 39.5. The molecule has 0 radical (unpaired) electrons. The number of aliphatic carboxylic acids is 2. The standard InChI is InChI=1S/C54H105N27O14/c1-28(73-48(93)39(57)29(2)82)40(85)74-32(14-7-23-68-50(58)59)42(87)80-36(19-20-38(83)84)47(92)79-35(17-10-26-71-53(64)65)45(90)78-34(16-9-25-70-52(62)63)44(89)77-33(15-8-24-69-51(60)61)43(88)75-30(12-3-5-21-55)41(86)76-31(13-4-6-22-56)46(91)81-37(49(94)95)18-11-27-72-54(66)67/h28-37,39,82H,3-27,55-57H2,1-2H3,(H,73,93)(H,74,85)(H,75,88)(H,76,86)(H,77,89)(H,78,90)(H,79,92)(H,80,87)(H,81,91)(H,83,84)(H,94,95)(H4,58,59,68)(H4,60,61,69)(H4,62,63,70)(H4,64,65,71)(H4,66,67,72)/t28-,29+,30-,31-,32-,33-,34-,35-,36-,37-,39-/m0/s1. The van der Waals surface area contributed by atoms with Crippen molar-refractivity contribution in [2.45, 2.75) is 196 Å². The Morgan fingerprint density at radius 3 is 0.789 bits per heavy atom. The van der Waals surface area contributed by atoms with Gasteiger partial charge < -0.3 is 138 Å². The van der Waals surface area contributed by atoms with E-state index in [0.29, 0.717) is 19.3 Å². The summed E-state index contributed by atoms with van der Waals surface area (Å²) in [6.45, 7) is 2.69. The van der Waals surface area contributed by atoms with Crippen LogP contribution in [-0.2, 0) is 52.7 Å². The topological polar surface area (TPSA) is 757 Å². The first-order chi connectivity index (χ1) is 44.7. The number of amides is 9. The summed E-state index contributed by atoms with van der Waals surface area (Å²) in [6, 6.07) is -14.9. The third-order valence-corrected chi connectivity index (χ3v) is 13.9. The maximum atomic E-state index is 14.7. The molecule has 0 aliphatic rings. The van der Waals surface area contributed by atoms with Gasteiger partial charge in [0.1, 0.15) is 60.4 Å². The number of carbonyl (C=O) groups is 11. The highest BCUT2D eigenvalue weighted by Crippen LogP contribution is 2.12. The second-order valence-corrected chi connectivity index (χ2v) is 22.1. The van der Waals surface area contributed by atoms with Crippen LogP contribution in [-0.4, -0.2) is 223 Å². The largest absolute Gasteiger partial charge is 0.481 e. The molecule has 540 valence electrons. The van der Waals surface area contributed by atoms with E-state index in [2.05, 4.69) is 72.8 Å². The summed E-state index contributed by atoms with van der Waals surface area (Å²) in [4.78, 5) is 170. The molecule has 0 aromatic heterocycles. The summed E-state index contributed by atoms with van der Waals surface area (Å²) < 4.78 is 0. The van der Waals surface area contributed by atoms with Gasteiger partial charge in [0, 0.05) is 39.1 Å². The number of carbonyl (C=O) groups excluding carboxylic acids is 9. The first-order valence-electron chi connectivity index (χ1n) is 31.0. The molecule has 95 heavy (non-hydrogen) atoms. The normalized spacial score (nSPS) is 14.3. The molecule has 0 aromatic carbocycles. The van der Waals surface area contributed by atoms with Crippen LogP contribution >= 0.6 is 0 Å². The highest BCUT2D eigenvalue weighted by Gasteiger charge is 2.36. The molecule has 0 heterocycles. The van der Waals surface area contributed by atoms with Crippen LogP contribution < -0.4 is 122 Å². The molecule has 0 aliphatic carbocycles. The van der Waals surface area contributed by atoms with E-state index in [1.54, 1.807) is 0 Å². The van der Waals surface area contributed by atoms with Crippen LogP contribution in [0.15, 0.2) is 25.0 Å². The molecule has 0 aliphatic heterocycles. The molecule has 41 nitrogen and oxygen atoms in total. The van der Waals surface area contributed by atoms with Gasteiger partial charge >= 0.3 is 11.9 Å². The fraction of sp³-hybridized carbons (Fsp3) is 0.704. The van der Waals surface area contributed by atoms with Gasteiger partial charge in [0.05, 0.1) is 6.10 Å². The zero-order chi connectivity index (χ0) is 72.2. The van der Waals surface area contributed by atoms with E-state index in [0.717, 1.165) is 0 Å². The molecule has 9 amide bonds. The van der Waals surface area contributed by atoms with Gasteiger partial charge in [0.15, 0.2) is 29.8 Å². The summed E-state index contributed by atoms with van der Waals surface area (Å²) in [5.41, 5.74) is 72.2. The molecule has 0 unspecified atom stereocenters. The molecule has 38 N–H and O–H groups in total. The molecule has 0 saturated heterocycles. The van der Waals surface area contributed by atoms with Crippen LogP contribution in [0.5, 0.6) is 0 Å². The molecule has 11 atom stereocenters. The average molecular weight is 1360 g/mol. The maximum absolute atomic E-state index is 14.7. The monoisotopic (exact) mass is 1360 g/mol. The van der Waals surface area contributed by atoms with Gasteiger partial charge in [0.2, 0.25) is 53.2 Å². The van der Waals surface area contributed by atoms with Crippen molar-refractivity contribution in [3.8, 4) is 0 Å². The number of aliphatic hydroxyl groups is 1. The second-order valence-electron chi connectivity index (χ2n) is 22.1. The summed E-state index contributed by atoms with van der Waals surface area (Å²) in [7, 11) is 0. The van der Waals surface area contributed by atoms with Crippen molar-refractivity contribution >= 4 is 94.9 Å². The van der Waals surface area contributed by atoms with Gasteiger partial charge in [-0.2, -0.15) is 0 Å². The van der Waals surface area contributed by atoms with Crippen LogP contribution in [0.25, 0.3) is 0 Å². The van der Waals surface area contributed by atoms with Gasteiger partial charge in [-0.1, -0.05) is 0 Å². The number of hydrogen-bond acceptors (Lipinski definition) is 20. The molecule has 0 saturated carbocycles. The lowest BCUT2D eigenvalue weighted by molar-refractivity contribution is -0.142. The van der Waals surface area contributed by atoms with Crippen molar-refractivity contribution in [3.05, 3.63) is 0 Å². The second kappa shape index (κ2) is 48.1. The minimum Gasteiger partial charge on any atom is -0.481 e. The zero-order valence-electron chi connectivity index (χ0n) is 54.1. The lowest BCUT2D eigenvalue weighted by atomic mass is 10.0. The molecular weight excluding hydrogens is 1250 g/mol. The maximum Gasteiger partial charge on any atom is 0.326 e. The number of unbranched alkanes of at least 4 members (excludes halogenated alkanes) is 2. The quantitative estimate of drug-likeness (QED) is 0.0153. The molecule has 0 fully saturated rings. The number of nitrogens with one attached hydrogen (secondary N) is 9. The Bertz CT molecular complexity index is 2610. The highest BCUT2D eigenvalue weighted by atomic mass is 16.4. The SMILES string of the molecule is C[C@H](NC(=O)[C@@H](N)[C@@H](C)O)C(=O)N[C@@H](CCCN=C(N)N)C(=O)N[C@@H](CCC(=O)O)C(=O)N[C@@H](CCCN=C(N)N)C(=O)N[C@@H](CCCN=C(N)N)C(=O)N[C@@H](CCCN=C(N)N)C(=O)N[C@@H](CCCCN)C(=O)N[C@@H](CCCCN)C(=O)N[C@@H](CCCN=C(N)N)C(=O)O. The third-order valence-electron chi connectivity index (χ3n) is 13.9. The highest BCUT2D eigenvalue weighted by molar-refractivity contribution is 5.99. The summed E-state index contributed by atoms with van der Waals surface area (Å²) in [6.07, 6.45) is -2.06. The Kier molecular flexibility index (Phi) is 43.2. The fourth-order valence-electron chi connectivity index (χ4n) is 8.71. The number of guanidine groups is 5. The van der Waals surface area contributed by atoms with E-state index in [1.807, 2.05) is 0 Å². The van der Waals surface area contributed by atoms with Crippen molar-refractivity contribution in [2.24, 2.45) is 99.5 Å². The summed E-state index contributed by atoms with van der Waals surface area (Å²) >= 11 is 0. The minimum absolute atomic E-state index is 0.000205. The van der Waals surface area contributed by atoms with Crippen molar-refractivity contribution in [1.82, 2.24) is 47.9 Å². The van der Waals surface area contributed by atoms with Gasteiger partial charge in [-0.3, -0.25) is 72.9 Å². The van der Waals surface area contributed by atoms with Gasteiger partial charge in [-0.15, -0.1) is 0 Å².